The average Bonchev–Trinajstić information content (AvgIpc) is 3.39. The molecule has 8 heteroatoms. The summed E-state index contributed by atoms with van der Waals surface area (Å²) < 4.78 is 0. The Balaban J connectivity index is 1.51. The molecule has 4 N–H and O–H groups in total. The van der Waals surface area contributed by atoms with Gasteiger partial charge >= 0.3 is 0 Å². The number of carbonyl (C=O) groups is 3. The van der Waals surface area contributed by atoms with Crippen molar-refractivity contribution in [1.82, 2.24) is 20.5 Å². The van der Waals surface area contributed by atoms with E-state index >= 15 is 0 Å². The van der Waals surface area contributed by atoms with E-state index in [1.807, 2.05) is 43.3 Å². The van der Waals surface area contributed by atoms with E-state index in [0.717, 1.165) is 29.5 Å². The number of likely N-dealkylation sites (N-methyl/N-ethyl adjacent to an activating group) is 1. The molecule has 1 saturated carbocycles. The zero-order valence-corrected chi connectivity index (χ0v) is 22.6. The number of aryl methyl sites for hydroxylation is 1. The summed E-state index contributed by atoms with van der Waals surface area (Å²) in [5.41, 5.74) is 9.38. The lowest BCUT2D eigenvalue weighted by Gasteiger charge is -2.28. The van der Waals surface area contributed by atoms with Crippen LogP contribution in [0.4, 0.5) is 0 Å². The summed E-state index contributed by atoms with van der Waals surface area (Å²) in [5.74, 6) is 0.154. The molecule has 2 aliphatic rings. The maximum absolute atomic E-state index is 13.7. The van der Waals surface area contributed by atoms with Gasteiger partial charge in [0.15, 0.2) is 0 Å². The molecule has 4 rings (SSSR count). The Labute approximate surface area is 225 Å². The van der Waals surface area contributed by atoms with Crippen LogP contribution in [0.5, 0.6) is 0 Å². The van der Waals surface area contributed by atoms with Crippen LogP contribution in [0.25, 0.3) is 0 Å². The highest BCUT2D eigenvalue weighted by Gasteiger charge is 2.43. The van der Waals surface area contributed by atoms with Crippen molar-refractivity contribution in [3.05, 3.63) is 65.5 Å². The third kappa shape index (κ3) is 6.78. The zero-order valence-electron chi connectivity index (χ0n) is 22.6. The number of amides is 3. The molecule has 4 atom stereocenters. The Kier molecular flexibility index (Phi) is 9.50. The number of hydrogen-bond donors (Lipinski definition) is 3. The van der Waals surface area contributed by atoms with Crippen molar-refractivity contribution in [1.29, 1.82) is 0 Å². The summed E-state index contributed by atoms with van der Waals surface area (Å²) in [6, 6.07) is 9.71. The van der Waals surface area contributed by atoms with Gasteiger partial charge in [0.2, 0.25) is 17.7 Å². The van der Waals surface area contributed by atoms with E-state index in [1.165, 1.54) is 19.3 Å². The molecule has 1 aromatic heterocycles. The fourth-order valence-corrected chi connectivity index (χ4v) is 6.16. The van der Waals surface area contributed by atoms with Crippen molar-refractivity contribution in [2.24, 2.45) is 17.6 Å². The molecule has 1 aliphatic heterocycles. The molecule has 3 amide bonds. The third-order valence-electron chi connectivity index (χ3n) is 8.32. The van der Waals surface area contributed by atoms with Crippen LogP contribution >= 0.6 is 0 Å². The topological polar surface area (TPSA) is 117 Å². The molecule has 204 valence electrons. The summed E-state index contributed by atoms with van der Waals surface area (Å²) in [4.78, 5) is 45.8. The van der Waals surface area contributed by atoms with Crippen LogP contribution in [0.3, 0.4) is 0 Å². The molecule has 38 heavy (non-hydrogen) atoms. The fourth-order valence-electron chi connectivity index (χ4n) is 6.16. The Morgan fingerprint density at radius 2 is 1.76 bits per heavy atom. The third-order valence-corrected chi connectivity index (χ3v) is 8.32. The monoisotopic (exact) mass is 519 g/mol. The molecule has 8 nitrogen and oxygen atoms in total. The predicted molar refractivity (Wildman–Crippen MR) is 147 cm³/mol. The van der Waals surface area contributed by atoms with Crippen LogP contribution in [-0.4, -0.2) is 53.3 Å². The largest absolute Gasteiger partial charge is 0.357 e. The Morgan fingerprint density at radius 1 is 1.05 bits per heavy atom. The molecule has 1 aliphatic carbocycles. The maximum Gasteiger partial charge on any atom is 0.243 e. The Bertz CT molecular complexity index is 1100. The van der Waals surface area contributed by atoms with Crippen molar-refractivity contribution < 1.29 is 14.4 Å². The number of benzene rings is 1. The van der Waals surface area contributed by atoms with E-state index in [2.05, 4.69) is 15.6 Å². The summed E-state index contributed by atoms with van der Waals surface area (Å²) in [7, 11) is 1.56. The first kappa shape index (κ1) is 27.8. The van der Waals surface area contributed by atoms with Crippen LogP contribution in [0.2, 0.25) is 0 Å². The second-order valence-electron chi connectivity index (χ2n) is 10.9. The lowest BCUT2D eigenvalue weighted by molar-refractivity contribution is -0.139. The maximum atomic E-state index is 13.7. The number of nitrogens with zero attached hydrogens (tertiary/aromatic N) is 2. The van der Waals surface area contributed by atoms with Crippen molar-refractivity contribution in [2.75, 3.05) is 13.6 Å². The van der Waals surface area contributed by atoms with Gasteiger partial charge in [0.05, 0.1) is 0 Å². The molecule has 2 heterocycles. The van der Waals surface area contributed by atoms with Gasteiger partial charge < -0.3 is 21.3 Å². The molecule has 2 aromatic rings. The molecular formula is C30H41N5O3. The van der Waals surface area contributed by atoms with E-state index < -0.39 is 18.1 Å². The highest BCUT2D eigenvalue weighted by Crippen LogP contribution is 2.38. The lowest BCUT2D eigenvalue weighted by atomic mass is 9.79. The summed E-state index contributed by atoms with van der Waals surface area (Å²) >= 11 is 0. The summed E-state index contributed by atoms with van der Waals surface area (Å²) in [6.45, 7) is 2.56. The smallest absolute Gasteiger partial charge is 0.243 e. The second-order valence-corrected chi connectivity index (χ2v) is 10.9. The van der Waals surface area contributed by atoms with Gasteiger partial charge in [0.25, 0.3) is 0 Å². The molecule has 1 aromatic carbocycles. The molecule has 0 spiro atoms. The lowest BCUT2D eigenvalue weighted by Crippen LogP contribution is -2.53. The number of rotatable bonds is 9. The van der Waals surface area contributed by atoms with Crippen LogP contribution in [0, 0.1) is 18.8 Å². The quantitative estimate of drug-likeness (QED) is 0.471. The normalized spacial score (nSPS) is 21.5. The minimum Gasteiger partial charge on any atom is -0.357 e. The molecule has 1 saturated heterocycles. The predicted octanol–water partition coefficient (Wildman–Crippen LogP) is 3.05. The first-order valence-electron chi connectivity index (χ1n) is 13.9. The van der Waals surface area contributed by atoms with Crippen LogP contribution in [0.1, 0.15) is 67.7 Å². The number of aromatic nitrogens is 1. The number of pyridine rings is 1. The summed E-state index contributed by atoms with van der Waals surface area (Å²) in [6.07, 6.45) is 10.4. The van der Waals surface area contributed by atoms with Gasteiger partial charge in [-0.25, -0.2) is 0 Å². The number of hydrogen-bond acceptors (Lipinski definition) is 5. The molecule has 2 unspecified atom stereocenters. The first-order valence-corrected chi connectivity index (χ1v) is 13.9. The SMILES string of the molecule is CNC(=O)C(Cc1ccncc1)NC(=O)[C@@H]1CC(C2CCCCC2)CN1C(=O)C[C@H](N)c1ccccc1C. The standard InChI is InChI=1S/C30H41N5O3/c1-20-8-6-7-11-24(20)25(31)18-28(36)35-19-23(22-9-4-3-5-10-22)17-27(35)30(38)34-26(29(37)32-2)16-21-12-14-33-15-13-21/h6-8,11-15,22-23,25-27H,3-5,9-10,16-19,31H2,1-2H3,(H,32,37)(H,34,38)/t23?,25-,26?,27-/m0/s1. The highest BCUT2D eigenvalue weighted by atomic mass is 16.2. The van der Waals surface area contributed by atoms with Gasteiger partial charge in [-0.05, 0) is 54.0 Å². The van der Waals surface area contributed by atoms with Gasteiger partial charge in [-0.15, -0.1) is 0 Å². The number of nitrogens with two attached hydrogens (primary N) is 1. The van der Waals surface area contributed by atoms with E-state index in [-0.39, 0.29) is 30.1 Å². The van der Waals surface area contributed by atoms with Gasteiger partial charge in [-0.2, -0.15) is 0 Å². The van der Waals surface area contributed by atoms with Crippen LogP contribution in [0.15, 0.2) is 48.8 Å². The van der Waals surface area contributed by atoms with Crippen LogP contribution < -0.4 is 16.4 Å². The van der Waals surface area contributed by atoms with E-state index in [9.17, 15) is 14.4 Å². The van der Waals surface area contributed by atoms with Crippen molar-refractivity contribution in [2.45, 2.75) is 76.4 Å². The van der Waals surface area contributed by atoms with E-state index in [1.54, 1.807) is 24.3 Å². The highest BCUT2D eigenvalue weighted by molar-refractivity contribution is 5.92. The van der Waals surface area contributed by atoms with Gasteiger partial charge in [-0.1, -0.05) is 56.4 Å². The van der Waals surface area contributed by atoms with E-state index in [0.29, 0.717) is 25.3 Å². The number of likely N-dealkylation sites (tertiary alicyclic amines) is 1. The number of nitrogens with one attached hydrogen (secondary N) is 2. The van der Waals surface area contributed by atoms with Crippen molar-refractivity contribution >= 4 is 17.7 Å². The summed E-state index contributed by atoms with van der Waals surface area (Å²) in [5, 5.41) is 5.62. The minimum atomic E-state index is -0.741. The Morgan fingerprint density at radius 3 is 2.45 bits per heavy atom. The van der Waals surface area contributed by atoms with Crippen molar-refractivity contribution in [3.63, 3.8) is 0 Å². The molecule has 2 fully saturated rings. The fraction of sp³-hybridized carbons (Fsp3) is 0.533. The molecular weight excluding hydrogens is 478 g/mol. The Hall–Kier alpha value is -3.26. The van der Waals surface area contributed by atoms with Gasteiger partial charge in [0, 0.05) is 44.9 Å². The minimum absolute atomic E-state index is 0.107. The average molecular weight is 520 g/mol. The zero-order chi connectivity index (χ0) is 27.1. The van der Waals surface area contributed by atoms with Crippen LogP contribution in [-0.2, 0) is 20.8 Å². The van der Waals surface area contributed by atoms with Gasteiger partial charge in [0.1, 0.15) is 12.1 Å². The number of carbonyl (C=O) groups excluding carboxylic acids is 3. The van der Waals surface area contributed by atoms with Crippen molar-refractivity contribution in [3.8, 4) is 0 Å². The molecule has 0 bridgehead atoms. The van der Waals surface area contributed by atoms with Gasteiger partial charge in [-0.3, -0.25) is 19.4 Å². The second kappa shape index (κ2) is 13.0. The molecule has 0 radical (unpaired) electrons. The van der Waals surface area contributed by atoms with E-state index in [4.69, 9.17) is 5.73 Å². The first-order chi connectivity index (χ1) is 18.4.